The van der Waals surface area contributed by atoms with Crippen LogP contribution in [0.15, 0.2) is 23.1 Å². The molecule has 21 heavy (non-hydrogen) atoms. The Bertz CT molecular complexity index is 531. The molecule has 112 valence electrons. The van der Waals surface area contributed by atoms with Crippen molar-refractivity contribution in [3.8, 4) is 6.07 Å². The summed E-state index contributed by atoms with van der Waals surface area (Å²) >= 11 is 1.77. The van der Waals surface area contributed by atoms with Crippen molar-refractivity contribution in [3.05, 3.63) is 23.8 Å². The largest absolute Gasteiger partial charge is 0.370 e. The minimum Gasteiger partial charge on any atom is -0.370 e. The van der Waals surface area contributed by atoms with Crippen LogP contribution in [0, 0.1) is 16.7 Å². The van der Waals surface area contributed by atoms with Gasteiger partial charge in [0, 0.05) is 18.0 Å². The van der Waals surface area contributed by atoms with Crippen LogP contribution in [0.2, 0.25) is 0 Å². The Morgan fingerprint density at radius 2 is 1.90 bits per heavy atom. The summed E-state index contributed by atoms with van der Waals surface area (Å²) < 4.78 is 0. The minimum atomic E-state index is 0.638. The summed E-state index contributed by atoms with van der Waals surface area (Å²) in [6.45, 7) is 4.38. The van der Waals surface area contributed by atoms with E-state index in [2.05, 4.69) is 36.1 Å². The Morgan fingerprint density at radius 3 is 2.52 bits per heavy atom. The summed E-state index contributed by atoms with van der Waals surface area (Å²) in [5.41, 5.74) is 2.68. The van der Waals surface area contributed by atoms with Gasteiger partial charge in [-0.3, -0.25) is 0 Å². The number of anilines is 1. The molecule has 1 aliphatic carbocycles. The van der Waals surface area contributed by atoms with E-state index in [9.17, 15) is 5.26 Å². The predicted molar refractivity (Wildman–Crippen MR) is 89.9 cm³/mol. The molecule has 1 aromatic carbocycles. The van der Waals surface area contributed by atoms with Crippen molar-refractivity contribution in [2.24, 2.45) is 5.41 Å². The van der Waals surface area contributed by atoms with Gasteiger partial charge in [0.2, 0.25) is 0 Å². The summed E-state index contributed by atoms with van der Waals surface area (Å²) in [5, 5.41) is 9.57. The summed E-state index contributed by atoms with van der Waals surface area (Å²) in [4.78, 5) is 3.58. The lowest BCUT2D eigenvalue weighted by molar-refractivity contribution is 0.226. The summed E-state index contributed by atoms with van der Waals surface area (Å²) in [6.07, 6.45) is 8.32. The van der Waals surface area contributed by atoms with E-state index < -0.39 is 0 Å². The van der Waals surface area contributed by atoms with E-state index in [0.717, 1.165) is 35.0 Å². The lowest BCUT2D eigenvalue weighted by Gasteiger charge is -2.40. The topological polar surface area (TPSA) is 27.0 Å². The lowest BCUT2D eigenvalue weighted by Crippen LogP contribution is -2.39. The van der Waals surface area contributed by atoms with E-state index in [1.807, 2.05) is 0 Å². The highest BCUT2D eigenvalue weighted by Crippen LogP contribution is 2.47. The van der Waals surface area contributed by atoms with Gasteiger partial charge >= 0.3 is 0 Å². The highest BCUT2D eigenvalue weighted by Gasteiger charge is 2.37. The van der Waals surface area contributed by atoms with Crippen molar-refractivity contribution >= 4 is 17.4 Å². The fraction of sp³-hybridized carbons (Fsp3) is 0.611. The van der Waals surface area contributed by atoms with Gasteiger partial charge < -0.3 is 4.90 Å². The molecule has 1 saturated heterocycles. The van der Waals surface area contributed by atoms with E-state index in [-0.39, 0.29) is 0 Å². The maximum atomic E-state index is 9.57. The SMILES string of the molecule is CCSc1cccc(N2CCC3(CCCC3)CC2)c1C#N. The molecule has 1 spiro atoms. The summed E-state index contributed by atoms with van der Waals surface area (Å²) in [5.74, 6) is 1.02. The maximum absolute atomic E-state index is 9.57. The number of hydrogen-bond donors (Lipinski definition) is 0. The van der Waals surface area contributed by atoms with E-state index in [4.69, 9.17) is 0 Å². The molecule has 2 nitrogen and oxygen atoms in total. The van der Waals surface area contributed by atoms with E-state index in [1.165, 1.54) is 38.5 Å². The van der Waals surface area contributed by atoms with Crippen LogP contribution >= 0.6 is 11.8 Å². The van der Waals surface area contributed by atoms with Crippen molar-refractivity contribution in [2.45, 2.75) is 50.3 Å². The van der Waals surface area contributed by atoms with Crippen LogP contribution in [0.1, 0.15) is 51.0 Å². The molecule has 0 unspecified atom stereocenters. The molecule has 3 rings (SSSR count). The van der Waals surface area contributed by atoms with Gasteiger partial charge in [0.1, 0.15) is 6.07 Å². The van der Waals surface area contributed by atoms with Gasteiger partial charge in [-0.1, -0.05) is 25.8 Å². The standard InChI is InChI=1S/C18H24N2S/c1-2-21-17-7-5-6-16(15(17)14-19)20-12-10-18(11-13-20)8-3-4-9-18/h5-7H,2-4,8-13H2,1H3. The average Bonchev–Trinajstić information content (AvgIpc) is 2.96. The van der Waals surface area contributed by atoms with Gasteiger partial charge in [0.15, 0.2) is 0 Å². The van der Waals surface area contributed by atoms with Gasteiger partial charge in [-0.2, -0.15) is 5.26 Å². The van der Waals surface area contributed by atoms with Crippen LogP contribution in [0.4, 0.5) is 5.69 Å². The number of benzene rings is 1. The first-order valence-corrected chi connectivity index (χ1v) is 9.17. The van der Waals surface area contributed by atoms with Crippen LogP contribution in [0.5, 0.6) is 0 Å². The van der Waals surface area contributed by atoms with Crippen molar-refractivity contribution < 1.29 is 0 Å². The lowest BCUT2D eigenvalue weighted by atomic mass is 9.77. The molecule has 2 aliphatic rings. The molecule has 1 aromatic rings. The molecule has 2 fully saturated rings. The van der Waals surface area contributed by atoms with Crippen molar-refractivity contribution in [1.82, 2.24) is 0 Å². The van der Waals surface area contributed by atoms with Crippen LogP contribution < -0.4 is 4.90 Å². The van der Waals surface area contributed by atoms with Crippen LogP contribution in [0.25, 0.3) is 0 Å². The Kier molecular flexibility index (Phi) is 4.45. The molecule has 0 aromatic heterocycles. The Balaban J connectivity index is 1.79. The predicted octanol–water partition coefficient (Wildman–Crippen LogP) is 4.83. The zero-order chi connectivity index (χ0) is 14.7. The molecular weight excluding hydrogens is 276 g/mol. The first kappa shape index (κ1) is 14.8. The van der Waals surface area contributed by atoms with E-state index >= 15 is 0 Å². The molecular formula is C18H24N2S. The molecule has 0 amide bonds. The Labute approximate surface area is 132 Å². The zero-order valence-electron chi connectivity index (χ0n) is 12.9. The molecule has 0 radical (unpaired) electrons. The zero-order valence-corrected chi connectivity index (χ0v) is 13.7. The number of piperidine rings is 1. The number of rotatable bonds is 3. The van der Waals surface area contributed by atoms with Crippen LogP contribution in [-0.2, 0) is 0 Å². The average molecular weight is 300 g/mol. The maximum Gasteiger partial charge on any atom is 0.103 e. The Hall–Kier alpha value is -1.14. The number of hydrogen-bond acceptors (Lipinski definition) is 3. The Morgan fingerprint density at radius 1 is 1.19 bits per heavy atom. The van der Waals surface area contributed by atoms with Gasteiger partial charge in [0.05, 0.1) is 11.3 Å². The molecule has 1 saturated carbocycles. The third-order valence-corrected chi connectivity index (χ3v) is 6.18. The van der Waals surface area contributed by atoms with E-state index in [0.29, 0.717) is 5.41 Å². The first-order chi connectivity index (χ1) is 10.3. The van der Waals surface area contributed by atoms with Crippen LogP contribution in [-0.4, -0.2) is 18.8 Å². The van der Waals surface area contributed by atoms with Gasteiger partial charge in [-0.15, -0.1) is 11.8 Å². The molecule has 0 bridgehead atoms. The third-order valence-electron chi connectivity index (χ3n) is 5.24. The number of nitrogens with zero attached hydrogens (tertiary/aromatic N) is 2. The quantitative estimate of drug-likeness (QED) is 0.748. The van der Waals surface area contributed by atoms with Crippen LogP contribution in [0.3, 0.4) is 0 Å². The smallest absolute Gasteiger partial charge is 0.103 e. The molecule has 0 N–H and O–H groups in total. The summed E-state index contributed by atoms with van der Waals surface area (Å²) in [6, 6.07) is 8.76. The molecule has 3 heteroatoms. The molecule has 0 atom stereocenters. The molecule has 1 aliphatic heterocycles. The second-order valence-electron chi connectivity index (χ2n) is 6.39. The highest BCUT2D eigenvalue weighted by molar-refractivity contribution is 7.99. The number of nitriles is 1. The minimum absolute atomic E-state index is 0.638. The van der Waals surface area contributed by atoms with Crippen molar-refractivity contribution in [3.63, 3.8) is 0 Å². The first-order valence-electron chi connectivity index (χ1n) is 8.19. The highest BCUT2D eigenvalue weighted by atomic mass is 32.2. The van der Waals surface area contributed by atoms with Gasteiger partial charge in [0.25, 0.3) is 0 Å². The van der Waals surface area contributed by atoms with Crippen molar-refractivity contribution in [1.29, 1.82) is 5.26 Å². The van der Waals surface area contributed by atoms with Gasteiger partial charge in [-0.25, -0.2) is 0 Å². The normalized spacial score (nSPS) is 20.7. The fourth-order valence-electron chi connectivity index (χ4n) is 4.02. The third kappa shape index (κ3) is 2.92. The molecule has 1 heterocycles. The second kappa shape index (κ2) is 6.32. The number of thioether (sulfide) groups is 1. The van der Waals surface area contributed by atoms with E-state index in [1.54, 1.807) is 11.8 Å². The summed E-state index contributed by atoms with van der Waals surface area (Å²) in [7, 11) is 0. The monoisotopic (exact) mass is 300 g/mol. The van der Waals surface area contributed by atoms with Gasteiger partial charge in [-0.05, 0) is 49.0 Å². The second-order valence-corrected chi connectivity index (χ2v) is 7.70. The fourth-order valence-corrected chi connectivity index (χ4v) is 4.80. The van der Waals surface area contributed by atoms with Crippen molar-refractivity contribution in [2.75, 3.05) is 23.7 Å².